The summed E-state index contributed by atoms with van der Waals surface area (Å²) < 4.78 is 71.8. The minimum atomic E-state index is -2.10. The summed E-state index contributed by atoms with van der Waals surface area (Å²) in [5.41, 5.74) is -2.76. The highest BCUT2D eigenvalue weighted by atomic mass is 28.4. The van der Waals surface area contributed by atoms with Gasteiger partial charge in [-0.1, -0.05) is 105 Å². The molecule has 3 N–H and O–H groups in total. The van der Waals surface area contributed by atoms with Gasteiger partial charge < -0.3 is 76.9 Å². The summed E-state index contributed by atoms with van der Waals surface area (Å²) in [5, 5.41) is 35.2. The van der Waals surface area contributed by atoms with Gasteiger partial charge in [-0.2, -0.15) is 0 Å². The van der Waals surface area contributed by atoms with E-state index in [4.69, 9.17) is 51.8 Å². The first-order chi connectivity index (χ1) is 55.3. The van der Waals surface area contributed by atoms with E-state index in [1.54, 1.807) is 27.7 Å². The maximum Gasteiger partial charge on any atom is 0.410 e. The van der Waals surface area contributed by atoms with E-state index in [1.807, 2.05) is 51.3 Å². The molecule has 0 unspecified atom stereocenters. The van der Waals surface area contributed by atoms with Crippen LogP contribution in [0.4, 0.5) is 9.59 Å². The third kappa shape index (κ3) is 15.9. The van der Waals surface area contributed by atoms with E-state index < -0.39 is 67.2 Å². The van der Waals surface area contributed by atoms with Gasteiger partial charge in [-0.15, -0.1) is 0 Å². The van der Waals surface area contributed by atoms with Gasteiger partial charge in [-0.05, 0) is 281 Å². The molecule has 16 aliphatic rings. The molecule has 28 atom stereocenters. The molecule has 10 saturated carbocycles. The van der Waals surface area contributed by atoms with Crippen molar-refractivity contribution in [1.82, 2.24) is 19.6 Å². The molecule has 22 nitrogen and oxygen atoms in total. The Labute approximate surface area is 731 Å². The van der Waals surface area contributed by atoms with Crippen molar-refractivity contribution in [2.75, 3.05) is 78.7 Å². The third-order valence-electron chi connectivity index (χ3n) is 37.6. The Morgan fingerprint density at radius 1 is 0.496 bits per heavy atom. The Balaban J connectivity index is 0.000000207. The second-order valence-corrected chi connectivity index (χ2v) is 52.4. The smallest absolute Gasteiger partial charge is 0.410 e. The SMILES string of the molecule is C.C.CC(=O)O[C@@H]([C@H]1C[C@@H](C)[C@H]2[C@H](O1)[C@H](O)[C@@]1(C)[C@@H]3CC[C@H]4C(C)(C)[C@@H](O[C@H]5CN(CC6CN(C(=O)OC(C)(C)C)C6)CCO5)CC[C@@]45C[C@@]35CC[C@]21C)C(C)(C)O.CC[Si](CC)(CC)O[C@H]1[C@H]2O[C@@H]([C@H](OC(C)=O)C(C)(C)O)C[C@@H](C)[C@@H]2[C@@]2(C)CC[C@@]34C[C@@]35CC[C@H](O[C@H]3CN(CC6CN(C(=O)OC(C)(C)C)C6)CCO3)C(C)(C)[C@@H]5CC[C@H]4[C@]12C. The molecule has 694 valence electrons. The number of morpholine rings is 2. The fourth-order valence-electron chi connectivity index (χ4n) is 31.9. The topological polar surface area (TPSA) is 243 Å². The van der Waals surface area contributed by atoms with Crippen molar-refractivity contribution in [1.29, 1.82) is 0 Å². The number of likely N-dealkylation sites (tertiary alicyclic amines) is 2. The van der Waals surface area contributed by atoms with Crippen LogP contribution in [0.3, 0.4) is 0 Å². The zero-order valence-corrected chi connectivity index (χ0v) is 79.4. The molecule has 0 aromatic heterocycles. The van der Waals surface area contributed by atoms with E-state index in [9.17, 15) is 34.5 Å². The van der Waals surface area contributed by atoms with Crippen molar-refractivity contribution in [2.45, 2.75) is 405 Å². The summed E-state index contributed by atoms with van der Waals surface area (Å²) in [5.74, 6) is 3.30. The number of hydrogen-bond acceptors (Lipinski definition) is 20. The number of carbonyl (C=O) groups is 4. The van der Waals surface area contributed by atoms with Crippen LogP contribution >= 0.6 is 0 Å². The molecule has 0 bridgehead atoms. The minimum absolute atomic E-state index is 0. The molecule has 0 aromatic rings. The highest BCUT2D eigenvalue weighted by molar-refractivity contribution is 6.73. The minimum Gasteiger partial charge on any atom is -0.457 e. The first kappa shape index (κ1) is 95.8. The monoisotopic (exact) mass is 1720 g/mol. The van der Waals surface area contributed by atoms with E-state index in [0.29, 0.717) is 77.8 Å². The quantitative estimate of drug-likeness (QED) is 0.0618. The first-order valence-electron chi connectivity index (χ1n) is 47.7. The van der Waals surface area contributed by atoms with Crippen molar-refractivity contribution in [3.05, 3.63) is 0 Å². The second kappa shape index (κ2) is 32.9. The van der Waals surface area contributed by atoms with Crippen LogP contribution in [0.5, 0.6) is 0 Å². The Hall–Kier alpha value is -2.78. The summed E-state index contributed by atoms with van der Waals surface area (Å²) >= 11 is 0. The number of fused-ring (bicyclic) bond motifs is 8. The van der Waals surface area contributed by atoms with Crippen LogP contribution in [-0.4, -0.2) is 242 Å². The standard InChI is InChI=1S/C51H88N2O9Si.C45H74N2O9.2CH4/c1-15-63(16-2,17-3)62-43-41-40(32(4)26-35(59-41)42(47(11,12)56)58-33(5)54)48(13)22-23-51-31-50(51)21-20-38(46(9,10)36(50)18-19-37(51)49(43,48)14)60-39-30-52(24-25-57-39)27-34-28-53(29-34)44(55)61-45(6,7)8;1-26-20-29(37(41(8,9)51)53-27(2)48)54-35-34(26)42(10)16-17-45-25-44(45)15-14-32(40(6,7)30(44)12-13-31(45)43(42,11)36(35)49)55-33-24-46(18-19-52-33)21-28-22-47(23-28)38(50)56-39(3,4)5;;/h32,34-43,56H,15-31H2,1-14H3;26,28-37,49,51H,12-25H2,1-11H3;2*1H4/t32-,35-,36+,37+,38+,39+,40+,41+,42+,43+,48-,49-,50-,51+;26-,29-,30+,31+,32+,33+,34+,35+,36+,37+,42-,43-,44-,45+;;/m11../s1. The van der Waals surface area contributed by atoms with Gasteiger partial charge in [-0.3, -0.25) is 19.4 Å². The molecule has 121 heavy (non-hydrogen) atoms. The van der Waals surface area contributed by atoms with Gasteiger partial charge in [0.05, 0.1) is 73.2 Å². The molecule has 0 aromatic carbocycles. The zero-order valence-electron chi connectivity index (χ0n) is 78.4. The highest BCUT2D eigenvalue weighted by Gasteiger charge is 2.87. The molecule has 4 spiro atoms. The maximum absolute atomic E-state index is 12.7. The Bertz CT molecular complexity index is 3700. The number of carbonyl (C=O) groups excluding carboxylic acids is 4. The van der Waals surface area contributed by atoms with Crippen LogP contribution in [0.15, 0.2) is 0 Å². The molecule has 6 heterocycles. The van der Waals surface area contributed by atoms with Crippen LogP contribution in [0, 0.1) is 113 Å². The number of amides is 2. The summed E-state index contributed by atoms with van der Waals surface area (Å²) in [7, 11) is -2.10. The van der Waals surface area contributed by atoms with Gasteiger partial charge in [0.25, 0.3) is 0 Å². The highest BCUT2D eigenvalue weighted by Crippen LogP contribution is 2.92. The number of ether oxygens (including phenoxy) is 10. The largest absolute Gasteiger partial charge is 0.457 e. The average molecular weight is 1720 g/mol. The lowest BCUT2D eigenvalue weighted by molar-refractivity contribution is -0.249. The molecule has 0 radical (unpaired) electrons. The predicted octanol–water partition coefficient (Wildman–Crippen LogP) is 17.1. The first-order valence-corrected chi connectivity index (χ1v) is 50.2. The van der Waals surface area contributed by atoms with Gasteiger partial charge in [0.1, 0.15) is 11.2 Å². The summed E-state index contributed by atoms with van der Waals surface area (Å²) in [6.45, 7) is 62.5. The summed E-state index contributed by atoms with van der Waals surface area (Å²) in [6, 6.07) is 3.27. The fourth-order valence-corrected chi connectivity index (χ4v) is 34.8. The van der Waals surface area contributed by atoms with E-state index in [0.717, 1.165) is 122 Å². The Morgan fingerprint density at radius 3 is 1.24 bits per heavy atom. The van der Waals surface area contributed by atoms with Crippen molar-refractivity contribution in [3.63, 3.8) is 0 Å². The zero-order chi connectivity index (χ0) is 86.5. The summed E-state index contributed by atoms with van der Waals surface area (Å²) in [4.78, 5) is 58.3. The van der Waals surface area contributed by atoms with Crippen LogP contribution in [0.25, 0.3) is 0 Å². The predicted molar refractivity (Wildman–Crippen MR) is 470 cm³/mol. The number of hydrogen-bond donors (Lipinski definition) is 3. The van der Waals surface area contributed by atoms with Crippen LogP contribution < -0.4 is 0 Å². The Morgan fingerprint density at radius 2 is 0.860 bits per heavy atom. The van der Waals surface area contributed by atoms with E-state index in [1.165, 1.54) is 71.6 Å². The number of aliphatic hydroxyl groups excluding tert-OH is 1. The normalized spacial score (nSPS) is 44.0. The molecule has 10 aliphatic carbocycles. The number of rotatable bonds is 19. The molecule has 16 rings (SSSR count). The third-order valence-corrected chi connectivity index (χ3v) is 42.2. The van der Waals surface area contributed by atoms with Gasteiger partial charge in [0, 0.05) is 102 Å². The van der Waals surface area contributed by atoms with Crippen molar-refractivity contribution in [3.8, 4) is 0 Å². The van der Waals surface area contributed by atoms with Crippen molar-refractivity contribution in [2.24, 2.45) is 113 Å². The van der Waals surface area contributed by atoms with Crippen LogP contribution in [0.1, 0.15) is 291 Å². The van der Waals surface area contributed by atoms with E-state index >= 15 is 0 Å². The average Bonchev–Trinajstić information content (AvgIpc) is 1.46. The molecule has 23 heteroatoms. The number of esters is 2. The Kier molecular flexibility index (Phi) is 26.1. The molecule has 6 saturated heterocycles. The molecule has 2 amide bonds. The number of aliphatic hydroxyl groups is 3. The number of nitrogens with zero attached hydrogens (tertiary/aromatic N) is 4. The van der Waals surface area contributed by atoms with Gasteiger partial charge in [0.2, 0.25) is 0 Å². The lowest BCUT2D eigenvalue weighted by atomic mass is 9.41. The van der Waals surface area contributed by atoms with Gasteiger partial charge in [0.15, 0.2) is 33.1 Å². The van der Waals surface area contributed by atoms with E-state index in [2.05, 4.69) is 99.8 Å². The molecule has 16 fully saturated rings. The van der Waals surface area contributed by atoms with Gasteiger partial charge in [-0.25, -0.2) is 9.59 Å². The van der Waals surface area contributed by atoms with Crippen LogP contribution in [-0.2, 0) is 61.4 Å². The van der Waals surface area contributed by atoms with Gasteiger partial charge >= 0.3 is 24.1 Å². The van der Waals surface area contributed by atoms with Crippen molar-refractivity contribution >= 4 is 32.4 Å². The lowest BCUT2D eigenvalue weighted by Gasteiger charge is -2.64. The van der Waals surface area contributed by atoms with E-state index in [-0.39, 0.29) is 131 Å². The van der Waals surface area contributed by atoms with Crippen molar-refractivity contribution < 1.29 is 86.3 Å². The van der Waals surface area contributed by atoms with Crippen LogP contribution in [0.2, 0.25) is 18.1 Å². The molecular formula is C98H170N4O18Si. The maximum atomic E-state index is 12.7. The second-order valence-electron chi connectivity index (χ2n) is 47.7. The molecule has 6 aliphatic heterocycles. The summed E-state index contributed by atoms with van der Waals surface area (Å²) in [6.07, 6.45) is 13.7. The lowest BCUT2D eigenvalue weighted by Crippen LogP contribution is -2.61. The fraction of sp³-hybridized carbons (Fsp3) is 0.959. The molecular weight excluding hydrogens is 1550 g/mol.